The van der Waals surface area contributed by atoms with Crippen molar-refractivity contribution in [2.24, 2.45) is 5.92 Å². The van der Waals surface area contributed by atoms with E-state index in [-0.39, 0.29) is 12.0 Å². The summed E-state index contributed by atoms with van der Waals surface area (Å²) in [6.45, 7) is 1.85. The predicted octanol–water partition coefficient (Wildman–Crippen LogP) is 3.52. The van der Waals surface area contributed by atoms with Crippen LogP contribution in [-0.4, -0.2) is 24.9 Å². The molecule has 156 valence electrons. The van der Waals surface area contributed by atoms with Crippen molar-refractivity contribution >= 4 is 17.8 Å². The Hall–Kier alpha value is -3.53. The molecule has 0 unspecified atom stereocenters. The summed E-state index contributed by atoms with van der Waals surface area (Å²) < 4.78 is 18.3. The van der Waals surface area contributed by atoms with Gasteiger partial charge in [0.25, 0.3) is 5.91 Å². The first-order chi connectivity index (χ1) is 14.4. The maximum absolute atomic E-state index is 13.4. The molecule has 2 aromatic rings. The molecule has 2 rings (SSSR count). The van der Waals surface area contributed by atoms with E-state index in [1.54, 1.807) is 30.3 Å². The molecule has 1 N–H and O–H groups in total. The van der Waals surface area contributed by atoms with Gasteiger partial charge in [-0.3, -0.25) is 14.9 Å². The number of amides is 2. The van der Waals surface area contributed by atoms with Crippen LogP contribution in [0.2, 0.25) is 0 Å². The Morgan fingerprint density at radius 2 is 1.77 bits per heavy atom. The minimum atomic E-state index is -1.81. The molecule has 30 heavy (non-hydrogen) atoms. The topological polar surface area (TPSA) is 96.3 Å². The van der Waals surface area contributed by atoms with Crippen LogP contribution in [0.1, 0.15) is 42.1 Å². The number of rotatable bonds is 8. The van der Waals surface area contributed by atoms with Crippen molar-refractivity contribution in [3.8, 4) is 6.07 Å². The van der Waals surface area contributed by atoms with Crippen molar-refractivity contribution in [2.45, 2.75) is 31.6 Å². The largest absolute Gasteiger partial charge is 0.468 e. The lowest BCUT2D eigenvalue weighted by atomic mass is 9.68. The lowest BCUT2D eigenvalue weighted by molar-refractivity contribution is -0.147. The smallest absolute Gasteiger partial charge is 0.331 e. The zero-order valence-electron chi connectivity index (χ0n) is 16.9. The van der Waals surface area contributed by atoms with Gasteiger partial charge in [0, 0.05) is 17.9 Å². The summed E-state index contributed by atoms with van der Waals surface area (Å²) in [6.07, 6.45) is 0.658. The van der Waals surface area contributed by atoms with Crippen molar-refractivity contribution < 1.29 is 23.5 Å². The van der Waals surface area contributed by atoms with Crippen LogP contribution in [-0.2, 0) is 19.7 Å². The number of benzene rings is 2. The Morgan fingerprint density at radius 1 is 1.13 bits per heavy atom. The maximum atomic E-state index is 13.4. The Labute approximate surface area is 174 Å². The first-order valence-electron chi connectivity index (χ1n) is 9.54. The number of carbonyl (C=O) groups is 3. The van der Waals surface area contributed by atoms with E-state index in [0.29, 0.717) is 18.4 Å². The summed E-state index contributed by atoms with van der Waals surface area (Å²) >= 11 is 0. The lowest BCUT2D eigenvalue weighted by Crippen LogP contribution is -2.45. The Morgan fingerprint density at radius 3 is 2.30 bits per heavy atom. The highest BCUT2D eigenvalue weighted by atomic mass is 19.1. The van der Waals surface area contributed by atoms with Gasteiger partial charge in [-0.2, -0.15) is 5.26 Å². The van der Waals surface area contributed by atoms with Gasteiger partial charge in [0.1, 0.15) is 5.82 Å². The van der Waals surface area contributed by atoms with Crippen LogP contribution in [0.15, 0.2) is 54.6 Å². The number of halogens is 1. The van der Waals surface area contributed by atoms with Gasteiger partial charge >= 0.3 is 5.97 Å². The number of nitrogens with zero attached hydrogens (tertiary/aromatic N) is 1. The third-order valence-electron chi connectivity index (χ3n) is 4.95. The molecule has 0 aliphatic heterocycles. The van der Waals surface area contributed by atoms with Gasteiger partial charge in [0.2, 0.25) is 5.91 Å². The second-order valence-electron chi connectivity index (χ2n) is 6.85. The van der Waals surface area contributed by atoms with E-state index < -0.39 is 34.9 Å². The lowest BCUT2D eigenvalue weighted by Gasteiger charge is -2.32. The van der Waals surface area contributed by atoms with E-state index in [1.807, 2.05) is 13.0 Å². The average Bonchev–Trinajstić information content (AvgIpc) is 2.76. The van der Waals surface area contributed by atoms with E-state index in [9.17, 15) is 24.0 Å². The number of carbonyl (C=O) groups excluding carboxylic acids is 3. The van der Waals surface area contributed by atoms with Gasteiger partial charge in [0.05, 0.1) is 13.2 Å². The number of nitrogens with one attached hydrogen (secondary N) is 1. The number of esters is 1. The summed E-state index contributed by atoms with van der Waals surface area (Å²) in [5, 5.41) is 12.3. The molecule has 0 fully saturated rings. The fourth-order valence-corrected chi connectivity index (χ4v) is 3.48. The molecule has 2 atom stereocenters. The van der Waals surface area contributed by atoms with Crippen molar-refractivity contribution in [1.82, 2.24) is 5.32 Å². The molecular weight excluding hydrogens is 387 g/mol. The third-order valence-corrected chi connectivity index (χ3v) is 4.95. The predicted molar refractivity (Wildman–Crippen MR) is 108 cm³/mol. The van der Waals surface area contributed by atoms with Crippen LogP contribution >= 0.6 is 0 Å². The SMILES string of the molecule is CCC[C@H](CC(=O)NC(=O)c1ccccc1)[C@@](C#N)(C(=O)OC)c1ccc(F)cc1. The Balaban J connectivity index is 2.36. The number of imide groups is 1. The van der Waals surface area contributed by atoms with Gasteiger partial charge in [-0.25, -0.2) is 9.18 Å². The summed E-state index contributed by atoms with van der Waals surface area (Å²) in [6, 6.07) is 15.2. The van der Waals surface area contributed by atoms with E-state index in [1.165, 1.54) is 12.1 Å². The maximum Gasteiger partial charge on any atom is 0.331 e. The summed E-state index contributed by atoms with van der Waals surface area (Å²) in [5.74, 6) is -3.33. The van der Waals surface area contributed by atoms with Crippen LogP contribution in [0.4, 0.5) is 4.39 Å². The molecule has 0 aliphatic carbocycles. The zero-order chi connectivity index (χ0) is 22.1. The standard InChI is InChI=1S/C23H23FN2O4/c1-3-7-18(14-20(27)26-21(28)16-8-5-4-6-9-16)23(15-25,22(29)30-2)17-10-12-19(24)13-11-17/h4-6,8-13,18H,3,7,14H2,1-2H3,(H,26,27,28)/t18-,23+/m1/s1. The normalized spacial score (nSPS) is 13.4. The van der Waals surface area contributed by atoms with Gasteiger partial charge < -0.3 is 4.74 Å². The van der Waals surface area contributed by atoms with Crippen molar-refractivity contribution in [2.75, 3.05) is 7.11 Å². The molecule has 7 heteroatoms. The van der Waals surface area contributed by atoms with Crippen molar-refractivity contribution in [3.63, 3.8) is 0 Å². The minimum absolute atomic E-state index is 0.235. The first kappa shape index (κ1) is 22.8. The molecule has 0 spiro atoms. The molecule has 0 aliphatic rings. The van der Waals surface area contributed by atoms with Gasteiger partial charge in [-0.05, 0) is 36.2 Å². The van der Waals surface area contributed by atoms with Crippen LogP contribution in [0.3, 0.4) is 0 Å². The van der Waals surface area contributed by atoms with E-state index >= 15 is 0 Å². The van der Waals surface area contributed by atoms with Crippen LogP contribution in [0.25, 0.3) is 0 Å². The summed E-state index contributed by atoms with van der Waals surface area (Å²) in [7, 11) is 1.15. The molecule has 0 heterocycles. The molecule has 0 saturated heterocycles. The second-order valence-corrected chi connectivity index (χ2v) is 6.85. The van der Waals surface area contributed by atoms with Gasteiger partial charge in [-0.15, -0.1) is 0 Å². The highest BCUT2D eigenvalue weighted by Gasteiger charge is 2.49. The van der Waals surface area contributed by atoms with Crippen molar-refractivity contribution in [1.29, 1.82) is 5.26 Å². The quantitative estimate of drug-likeness (QED) is 0.672. The fraction of sp³-hybridized carbons (Fsp3) is 0.304. The molecule has 0 bridgehead atoms. The van der Waals surface area contributed by atoms with E-state index in [0.717, 1.165) is 19.2 Å². The van der Waals surface area contributed by atoms with Crippen LogP contribution in [0, 0.1) is 23.1 Å². The molecule has 0 aromatic heterocycles. The third kappa shape index (κ3) is 4.90. The van der Waals surface area contributed by atoms with Crippen LogP contribution in [0.5, 0.6) is 0 Å². The minimum Gasteiger partial charge on any atom is -0.468 e. The fourth-order valence-electron chi connectivity index (χ4n) is 3.48. The number of nitriles is 1. The first-order valence-corrected chi connectivity index (χ1v) is 9.54. The summed E-state index contributed by atoms with van der Waals surface area (Å²) in [4.78, 5) is 37.7. The number of ether oxygens (including phenoxy) is 1. The highest BCUT2D eigenvalue weighted by molar-refractivity contribution is 6.04. The molecule has 2 aromatic carbocycles. The number of methoxy groups -OCH3 is 1. The summed E-state index contributed by atoms with van der Waals surface area (Å²) in [5.41, 5.74) is -1.26. The monoisotopic (exact) mass is 410 g/mol. The zero-order valence-corrected chi connectivity index (χ0v) is 16.9. The van der Waals surface area contributed by atoms with E-state index in [4.69, 9.17) is 4.74 Å². The number of hydrogen-bond donors (Lipinski definition) is 1. The number of hydrogen-bond acceptors (Lipinski definition) is 5. The van der Waals surface area contributed by atoms with E-state index in [2.05, 4.69) is 5.32 Å². The van der Waals surface area contributed by atoms with Gasteiger partial charge in [0.15, 0.2) is 5.41 Å². The van der Waals surface area contributed by atoms with Gasteiger partial charge in [-0.1, -0.05) is 43.7 Å². The highest BCUT2D eigenvalue weighted by Crippen LogP contribution is 2.38. The molecular formula is C23H23FN2O4. The molecule has 0 radical (unpaired) electrons. The molecule has 0 saturated carbocycles. The molecule has 2 amide bonds. The average molecular weight is 410 g/mol. The molecule has 6 nitrogen and oxygen atoms in total. The Bertz CT molecular complexity index is 938. The Kier molecular flexibility index (Phi) is 7.82. The van der Waals surface area contributed by atoms with Crippen LogP contribution < -0.4 is 5.32 Å². The van der Waals surface area contributed by atoms with Crippen molar-refractivity contribution in [3.05, 3.63) is 71.5 Å². The second kappa shape index (κ2) is 10.3.